The second-order valence-corrected chi connectivity index (χ2v) is 7.93. The molecule has 8 nitrogen and oxygen atoms in total. The molecule has 31 heavy (non-hydrogen) atoms. The normalized spacial score (nSPS) is 14.3. The minimum absolute atomic E-state index is 0.0596. The van der Waals surface area contributed by atoms with Crippen molar-refractivity contribution in [2.75, 3.05) is 32.8 Å². The topological polar surface area (TPSA) is 111 Å². The van der Waals surface area contributed by atoms with Crippen LogP contribution in [0.25, 0.3) is 0 Å². The summed E-state index contributed by atoms with van der Waals surface area (Å²) in [6.07, 6.45) is 0.576. The standard InChI is InChI=1S/C22H25ClN2O6/c1-13-8-16(9-14(2)20(13)23)31-12-19(28)24-4-3-5-25(7-6-24)22(30)15-10-17(26)21(29)18(27)11-15/h8-11,26-27,29H,3-7,12H2,1-2H3. The minimum Gasteiger partial charge on any atom is -0.504 e. The Morgan fingerprint density at radius 2 is 1.48 bits per heavy atom. The van der Waals surface area contributed by atoms with Crippen LogP contribution in [0.1, 0.15) is 27.9 Å². The first-order valence-electron chi connectivity index (χ1n) is 9.89. The van der Waals surface area contributed by atoms with E-state index in [9.17, 15) is 24.9 Å². The van der Waals surface area contributed by atoms with E-state index in [-0.39, 0.29) is 18.1 Å². The Morgan fingerprint density at radius 1 is 0.935 bits per heavy atom. The summed E-state index contributed by atoms with van der Waals surface area (Å²) in [5.41, 5.74) is 1.81. The highest BCUT2D eigenvalue weighted by molar-refractivity contribution is 6.32. The van der Waals surface area contributed by atoms with Gasteiger partial charge in [-0.1, -0.05) is 11.6 Å². The van der Waals surface area contributed by atoms with Crippen LogP contribution in [0.5, 0.6) is 23.0 Å². The zero-order valence-electron chi connectivity index (χ0n) is 17.4. The highest BCUT2D eigenvalue weighted by atomic mass is 35.5. The molecule has 2 amide bonds. The van der Waals surface area contributed by atoms with Gasteiger partial charge in [0, 0.05) is 36.8 Å². The van der Waals surface area contributed by atoms with Gasteiger partial charge in [0.2, 0.25) is 0 Å². The van der Waals surface area contributed by atoms with Crippen LogP contribution < -0.4 is 4.74 Å². The highest BCUT2D eigenvalue weighted by Gasteiger charge is 2.24. The maximum Gasteiger partial charge on any atom is 0.260 e. The van der Waals surface area contributed by atoms with Crippen LogP contribution in [0.2, 0.25) is 5.02 Å². The number of ether oxygens (including phenoxy) is 1. The van der Waals surface area contributed by atoms with Crippen molar-refractivity contribution in [2.45, 2.75) is 20.3 Å². The van der Waals surface area contributed by atoms with Gasteiger partial charge in [-0.3, -0.25) is 9.59 Å². The molecule has 1 aliphatic rings. The Morgan fingerprint density at radius 3 is 2.10 bits per heavy atom. The van der Waals surface area contributed by atoms with Gasteiger partial charge >= 0.3 is 0 Å². The fraction of sp³-hybridized carbons (Fsp3) is 0.364. The Labute approximate surface area is 185 Å². The molecule has 1 aliphatic heterocycles. The van der Waals surface area contributed by atoms with Crippen molar-refractivity contribution < 1.29 is 29.6 Å². The molecule has 0 radical (unpaired) electrons. The summed E-state index contributed by atoms with van der Waals surface area (Å²) in [6.45, 7) is 5.16. The zero-order chi connectivity index (χ0) is 22.7. The summed E-state index contributed by atoms with van der Waals surface area (Å²) in [7, 11) is 0. The molecular formula is C22H25ClN2O6. The monoisotopic (exact) mass is 448 g/mol. The first kappa shape index (κ1) is 22.6. The second-order valence-electron chi connectivity index (χ2n) is 7.55. The smallest absolute Gasteiger partial charge is 0.260 e. The van der Waals surface area contributed by atoms with E-state index < -0.39 is 23.2 Å². The molecule has 1 fully saturated rings. The molecule has 1 saturated heterocycles. The molecular weight excluding hydrogens is 424 g/mol. The van der Waals surface area contributed by atoms with E-state index in [1.54, 1.807) is 21.9 Å². The molecule has 0 spiro atoms. The third kappa shape index (κ3) is 5.14. The summed E-state index contributed by atoms with van der Waals surface area (Å²) in [5, 5.41) is 29.4. The van der Waals surface area contributed by atoms with Crippen molar-refractivity contribution in [1.29, 1.82) is 0 Å². The van der Waals surface area contributed by atoms with Gasteiger partial charge in [0.15, 0.2) is 23.9 Å². The average molecular weight is 449 g/mol. The van der Waals surface area contributed by atoms with Crippen molar-refractivity contribution in [3.05, 3.63) is 46.0 Å². The fourth-order valence-corrected chi connectivity index (χ4v) is 3.62. The summed E-state index contributed by atoms with van der Waals surface area (Å²) in [4.78, 5) is 28.5. The summed E-state index contributed by atoms with van der Waals surface area (Å²) >= 11 is 6.16. The predicted octanol–water partition coefficient (Wildman–Crippen LogP) is 2.83. The number of amides is 2. The number of carbonyl (C=O) groups is 2. The van der Waals surface area contributed by atoms with Gasteiger partial charge in [-0.2, -0.15) is 0 Å². The quantitative estimate of drug-likeness (QED) is 0.620. The first-order chi connectivity index (χ1) is 14.7. The van der Waals surface area contributed by atoms with Crippen molar-refractivity contribution in [3.63, 3.8) is 0 Å². The lowest BCUT2D eigenvalue weighted by molar-refractivity contribution is -0.133. The lowest BCUT2D eigenvalue weighted by Gasteiger charge is -2.22. The van der Waals surface area contributed by atoms with Crippen LogP contribution in [0.4, 0.5) is 0 Å². The number of aromatic hydroxyl groups is 3. The first-order valence-corrected chi connectivity index (χ1v) is 10.3. The number of hydrogen-bond acceptors (Lipinski definition) is 6. The molecule has 0 bridgehead atoms. The highest BCUT2D eigenvalue weighted by Crippen LogP contribution is 2.35. The number of hydrogen-bond donors (Lipinski definition) is 3. The number of nitrogens with zero attached hydrogens (tertiary/aromatic N) is 2. The Hall–Kier alpha value is -3.13. The number of phenols is 3. The molecule has 0 aromatic heterocycles. The lowest BCUT2D eigenvalue weighted by atomic mass is 10.1. The SMILES string of the molecule is Cc1cc(OCC(=O)N2CCCN(C(=O)c3cc(O)c(O)c(O)c3)CC2)cc(C)c1Cl. The zero-order valence-corrected chi connectivity index (χ0v) is 18.1. The van der Waals surface area contributed by atoms with Crippen LogP contribution in [0, 0.1) is 13.8 Å². The van der Waals surface area contributed by atoms with E-state index >= 15 is 0 Å². The van der Waals surface area contributed by atoms with Gasteiger partial charge in [0.05, 0.1) is 0 Å². The summed E-state index contributed by atoms with van der Waals surface area (Å²) < 4.78 is 5.65. The Kier molecular flexibility index (Phi) is 6.80. The van der Waals surface area contributed by atoms with Crippen LogP contribution in [0.15, 0.2) is 24.3 Å². The molecule has 0 aliphatic carbocycles. The number of halogens is 1. The molecule has 3 rings (SSSR count). The number of phenolic OH excluding ortho intramolecular Hbond substituents is 3. The lowest BCUT2D eigenvalue weighted by Crippen LogP contribution is -2.39. The van der Waals surface area contributed by atoms with Gasteiger partial charge in [-0.25, -0.2) is 0 Å². The third-order valence-electron chi connectivity index (χ3n) is 5.22. The minimum atomic E-state index is -0.671. The van der Waals surface area contributed by atoms with Crippen molar-refractivity contribution in [1.82, 2.24) is 9.80 Å². The van der Waals surface area contributed by atoms with Crippen molar-refractivity contribution >= 4 is 23.4 Å². The number of benzene rings is 2. The number of carbonyl (C=O) groups excluding carboxylic acids is 2. The van der Waals surface area contributed by atoms with E-state index in [1.807, 2.05) is 13.8 Å². The molecule has 2 aromatic rings. The molecule has 0 saturated carbocycles. The van der Waals surface area contributed by atoms with Gasteiger partial charge < -0.3 is 29.9 Å². The van der Waals surface area contributed by atoms with Gasteiger partial charge in [0.1, 0.15) is 5.75 Å². The van der Waals surface area contributed by atoms with Gasteiger partial charge in [0.25, 0.3) is 11.8 Å². The molecule has 0 atom stereocenters. The van der Waals surface area contributed by atoms with Crippen LogP contribution in [-0.2, 0) is 4.79 Å². The molecule has 1 heterocycles. The van der Waals surface area contributed by atoms with E-state index in [0.29, 0.717) is 43.4 Å². The van der Waals surface area contributed by atoms with Crippen LogP contribution >= 0.6 is 11.6 Å². The Balaban J connectivity index is 1.59. The largest absolute Gasteiger partial charge is 0.504 e. The van der Waals surface area contributed by atoms with Crippen molar-refractivity contribution in [2.24, 2.45) is 0 Å². The van der Waals surface area contributed by atoms with Crippen molar-refractivity contribution in [3.8, 4) is 23.0 Å². The maximum absolute atomic E-state index is 12.7. The van der Waals surface area contributed by atoms with E-state index in [1.165, 1.54) is 0 Å². The van der Waals surface area contributed by atoms with E-state index in [4.69, 9.17) is 16.3 Å². The summed E-state index contributed by atoms with van der Waals surface area (Å²) in [5.74, 6) is -1.82. The average Bonchev–Trinajstić information content (AvgIpc) is 2.99. The molecule has 3 N–H and O–H groups in total. The maximum atomic E-state index is 12.7. The summed E-state index contributed by atoms with van der Waals surface area (Å²) in [6, 6.07) is 5.78. The van der Waals surface area contributed by atoms with Crippen LogP contribution in [-0.4, -0.2) is 69.7 Å². The number of rotatable bonds is 4. The molecule has 0 unspecified atom stereocenters. The fourth-order valence-electron chi connectivity index (χ4n) is 3.51. The van der Waals surface area contributed by atoms with E-state index in [2.05, 4.69) is 0 Å². The van der Waals surface area contributed by atoms with Gasteiger partial charge in [-0.05, 0) is 55.7 Å². The van der Waals surface area contributed by atoms with E-state index in [0.717, 1.165) is 23.3 Å². The molecule has 166 valence electrons. The predicted molar refractivity (Wildman–Crippen MR) is 115 cm³/mol. The number of aryl methyl sites for hydroxylation is 2. The molecule has 2 aromatic carbocycles. The van der Waals surface area contributed by atoms with Crippen LogP contribution in [0.3, 0.4) is 0 Å². The Bertz CT molecular complexity index is 963. The molecule has 9 heteroatoms. The third-order valence-corrected chi connectivity index (χ3v) is 5.82. The second kappa shape index (κ2) is 9.34. The van der Waals surface area contributed by atoms with Gasteiger partial charge in [-0.15, -0.1) is 0 Å².